The first-order valence-electron chi connectivity index (χ1n) is 11.6. The molecule has 0 aliphatic rings. The molecule has 2 heterocycles. The van der Waals surface area contributed by atoms with Crippen LogP contribution in [-0.4, -0.2) is 25.9 Å². The van der Waals surface area contributed by atoms with Crippen molar-refractivity contribution in [2.24, 2.45) is 0 Å². The minimum atomic E-state index is -0.118. The molecule has 172 valence electrons. The molecule has 5 rings (SSSR count). The molecule has 0 fully saturated rings. The lowest BCUT2D eigenvalue weighted by Gasteiger charge is -2.11. The molecule has 35 heavy (non-hydrogen) atoms. The third kappa shape index (κ3) is 5.50. The van der Waals surface area contributed by atoms with Crippen LogP contribution in [0, 0.1) is 0 Å². The number of carbonyl (C=O) groups excluding carboxylic acids is 1. The fourth-order valence-electron chi connectivity index (χ4n) is 4.00. The average Bonchev–Trinajstić information content (AvgIpc) is 3.40. The van der Waals surface area contributed by atoms with Crippen LogP contribution in [0.25, 0.3) is 22.4 Å². The van der Waals surface area contributed by atoms with Gasteiger partial charge in [0.2, 0.25) is 0 Å². The first-order valence-corrected chi connectivity index (χ1v) is 11.6. The second-order valence-corrected chi connectivity index (χ2v) is 8.27. The highest BCUT2D eigenvalue weighted by atomic mass is 16.1. The van der Waals surface area contributed by atoms with Gasteiger partial charge in [-0.25, -0.2) is 0 Å². The van der Waals surface area contributed by atoms with E-state index in [0.29, 0.717) is 5.56 Å². The van der Waals surface area contributed by atoms with Crippen LogP contribution in [0.2, 0.25) is 0 Å². The van der Waals surface area contributed by atoms with Gasteiger partial charge in [0.1, 0.15) is 5.69 Å². The quantitative estimate of drug-likeness (QED) is 0.314. The van der Waals surface area contributed by atoms with Crippen LogP contribution in [0.3, 0.4) is 0 Å². The molecule has 0 unspecified atom stereocenters. The molecule has 1 N–H and O–H groups in total. The highest BCUT2D eigenvalue weighted by Gasteiger charge is 2.12. The summed E-state index contributed by atoms with van der Waals surface area (Å²) in [6.07, 6.45) is 7.32. The van der Waals surface area contributed by atoms with Gasteiger partial charge in [0, 0.05) is 35.8 Å². The fourth-order valence-corrected chi connectivity index (χ4v) is 4.00. The lowest BCUT2D eigenvalue weighted by Crippen LogP contribution is -2.13. The van der Waals surface area contributed by atoms with Crippen LogP contribution in [0.1, 0.15) is 22.3 Å². The van der Waals surface area contributed by atoms with Gasteiger partial charge in [0.05, 0.1) is 6.20 Å². The number of aromatic nitrogens is 4. The maximum Gasteiger partial charge on any atom is 0.256 e. The summed E-state index contributed by atoms with van der Waals surface area (Å²) in [5.41, 5.74) is 6.37. The molecule has 6 nitrogen and oxygen atoms in total. The van der Waals surface area contributed by atoms with Crippen molar-refractivity contribution < 1.29 is 4.79 Å². The Hall–Kier alpha value is -4.58. The summed E-state index contributed by atoms with van der Waals surface area (Å²) < 4.78 is 1.86. The van der Waals surface area contributed by atoms with Crippen LogP contribution in [0.15, 0.2) is 110 Å². The van der Waals surface area contributed by atoms with Crippen molar-refractivity contribution in [2.45, 2.75) is 19.4 Å². The molecular weight excluding hydrogens is 434 g/mol. The molecule has 0 saturated heterocycles. The summed E-state index contributed by atoms with van der Waals surface area (Å²) in [7, 11) is 0. The lowest BCUT2D eigenvalue weighted by atomic mass is 9.99. The van der Waals surface area contributed by atoms with Gasteiger partial charge in [-0.2, -0.15) is 0 Å². The summed E-state index contributed by atoms with van der Waals surface area (Å²) in [4.78, 5) is 17.1. The number of hydrogen-bond acceptors (Lipinski definition) is 4. The van der Waals surface area contributed by atoms with Crippen molar-refractivity contribution in [3.63, 3.8) is 0 Å². The molecule has 0 spiro atoms. The summed E-state index contributed by atoms with van der Waals surface area (Å²) in [6.45, 7) is 0.780. The van der Waals surface area contributed by atoms with Gasteiger partial charge in [-0.15, -0.1) is 5.10 Å². The van der Waals surface area contributed by atoms with Gasteiger partial charge in [-0.3, -0.25) is 14.5 Å². The molecule has 3 aromatic carbocycles. The average molecular weight is 460 g/mol. The van der Waals surface area contributed by atoms with Crippen LogP contribution in [0.5, 0.6) is 0 Å². The number of anilines is 1. The first-order chi connectivity index (χ1) is 17.3. The van der Waals surface area contributed by atoms with Crippen molar-refractivity contribution in [3.05, 3.63) is 121 Å². The Morgan fingerprint density at radius 2 is 1.60 bits per heavy atom. The lowest BCUT2D eigenvalue weighted by molar-refractivity contribution is 0.102. The van der Waals surface area contributed by atoms with Gasteiger partial charge < -0.3 is 5.32 Å². The Morgan fingerprint density at radius 1 is 0.829 bits per heavy atom. The monoisotopic (exact) mass is 459 g/mol. The molecule has 5 aromatic rings. The molecule has 0 bridgehead atoms. The predicted octanol–water partition coefficient (Wildman–Crippen LogP) is 5.89. The highest BCUT2D eigenvalue weighted by Crippen LogP contribution is 2.24. The van der Waals surface area contributed by atoms with E-state index in [1.807, 2.05) is 89.7 Å². The SMILES string of the molecule is O=C(Nc1ccc(CCCn2cc(-c3cccnc3)nn2)cc1)c1ccccc1-c1ccccc1. The van der Waals surface area contributed by atoms with E-state index in [-0.39, 0.29) is 5.91 Å². The number of amides is 1. The maximum absolute atomic E-state index is 13.0. The van der Waals surface area contributed by atoms with Gasteiger partial charge in [0.25, 0.3) is 5.91 Å². The molecular formula is C29H25N5O. The first kappa shape index (κ1) is 22.2. The minimum Gasteiger partial charge on any atom is -0.322 e. The second kappa shape index (κ2) is 10.6. The Balaban J connectivity index is 1.17. The van der Waals surface area contributed by atoms with Crippen LogP contribution in [-0.2, 0) is 13.0 Å². The van der Waals surface area contributed by atoms with E-state index >= 15 is 0 Å². The second-order valence-electron chi connectivity index (χ2n) is 8.27. The molecule has 0 aliphatic heterocycles. The normalized spacial score (nSPS) is 10.7. The standard InChI is InChI=1S/C29H25N5O/c35-29(27-13-5-4-12-26(27)23-9-2-1-3-10-23)31-25-16-14-22(15-17-25)8-7-19-34-21-28(32-33-34)24-11-6-18-30-20-24/h1-6,9-18,20-21H,7-8,19H2,(H,31,35). The Labute approximate surface area is 204 Å². The van der Waals surface area contributed by atoms with Crippen LogP contribution >= 0.6 is 0 Å². The van der Waals surface area contributed by atoms with Crippen molar-refractivity contribution in [1.29, 1.82) is 0 Å². The molecule has 2 aromatic heterocycles. The predicted molar refractivity (Wildman–Crippen MR) is 138 cm³/mol. The molecule has 0 aliphatic carbocycles. The van der Waals surface area contributed by atoms with E-state index in [1.165, 1.54) is 5.56 Å². The van der Waals surface area contributed by atoms with Crippen molar-refractivity contribution in [3.8, 4) is 22.4 Å². The Bertz CT molecular complexity index is 1400. The topological polar surface area (TPSA) is 72.7 Å². The molecule has 0 atom stereocenters. The third-order valence-corrected chi connectivity index (χ3v) is 5.82. The Kier molecular flexibility index (Phi) is 6.71. The van der Waals surface area contributed by atoms with Crippen molar-refractivity contribution in [2.75, 3.05) is 5.32 Å². The zero-order valence-electron chi connectivity index (χ0n) is 19.2. The van der Waals surface area contributed by atoms with E-state index in [4.69, 9.17) is 0 Å². The van der Waals surface area contributed by atoms with Gasteiger partial charge in [0.15, 0.2) is 0 Å². The molecule has 6 heteroatoms. The van der Waals surface area contributed by atoms with E-state index in [2.05, 4.69) is 32.7 Å². The summed E-state index contributed by atoms with van der Waals surface area (Å²) in [6, 6.07) is 29.5. The van der Waals surface area contributed by atoms with E-state index in [1.54, 1.807) is 12.4 Å². The third-order valence-electron chi connectivity index (χ3n) is 5.82. The van der Waals surface area contributed by atoms with E-state index < -0.39 is 0 Å². The summed E-state index contributed by atoms with van der Waals surface area (Å²) in [5, 5.41) is 11.5. The number of nitrogens with one attached hydrogen (secondary N) is 1. The maximum atomic E-state index is 13.0. The van der Waals surface area contributed by atoms with Crippen LogP contribution in [0.4, 0.5) is 5.69 Å². The number of rotatable bonds is 8. The van der Waals surface area contributed by atoms with Gasteiger partial charge >= 0.3 is 0 Å². The minimum absolute atomic E-state index is 0.118. The number of carbonyl (C=O) groups is 1. The Morgan fingerprint density at radius 3 is 2.40 bits per heavy atom. The largest absolute Gasteiger partial charge is 0.322 e. The molecule has 1 amide bonds. The highest BCUT2D eigenvalue weighted by molar-refractivity contribution is 6.08. The van der Waals surface area contributed by atoms with Gasteiger partial charge in [-0.05, 0) is 59.9 Å². The number of benzene rings is 3. The van der Waals surface area contributed by atoms with Crippen molar-refractivity contribution >= 4 is 11.6 Å². The summed E-state index contributed by atoms with van der Waals surface area (Å²) >= 11 is 0. The molecule has 0 saturated carbocycles. The van der Waals surface area contributed by atoms with E-state index in [0.717, 1.165) is 47.5 Å². The smallest absolute Gasteiger partial charge is 0.256 e. The van der Waals surface area contributed by atoms with Crippen LogP contribution < -0.4 is 5.32 Å². The van der Waals surface area contributed by atoms with Crippen molar-refractivity contribution in [1.82, 2.24) is 20.0 Å². The summed E-state index contributed by atoms with van der Waals surface area (Å²) in [5.74, 6) is -0.118. The zero-order chi connectivity index (χ0) is 23.9. The fraction of sp³-hybridized carbons (Fsp3) is 0.103. The molecule has 0 radical (unpaired) electrons. The number of pyridine rings is 1. The van der Waals surface area contributed by atoms with Gasteiger partial charge in [-0.1, -0.05) is 65.9 Å². The van der Waals surface area contributed by atoms with E-state index in [9.17, 15) is 4.79 Å². The number of hydrogen-bond donors (Lipinski definition) is 1. The zero-order valence-corrected chi connectivity index (χ0v) is 19.2. The number of aryl methyl sites for hydroxylation is 2. The number of nitrogens with zero attached hydrogens (tertiary/aromatic N) is 4.